The van der Waals surface area contributed by atoms with E-state index in [1.165, 1.54) is 11.3 Å². The second-order valence-electron chi connectivity index (χ2n) is 3.10. The predicted molar refractivity (Wildman–Crippen MR) is 61.7 cm³/mol. The van der Waals surface area contributed by atoms with E-state index in [0.29, 0.717) is 5.69 Å². The summed E-state index contributed by atoms with van der Waals surface area (Å²) in [6, 6.07) is 3.79. The highest BCUT2D eigenvalue weighted by Gasteiger charge is 2.13. The molecule has 0 radical (unpaired) electrons. The summed E-state index contributed by atoms with van der Waals surface area (Å²) in [5, 5.41) is 10.3. The van der Waals surface area contributed by atoms with Gasteiger partial charge in [0.15, 0.2) is 0 Å². The first-order valence-corrected chi connectivity index (χ1v) is 5.26. The molecule has 76 valence electrons. The summed E-state index contributed by atoms with van der Waals surface area (Å²) < 4.78 is 0. The summed E-state index contributed by atoms with van der Waals surface area (Å²) in [6.45, 7) is 5.40. The Morgan fingerprint density at radius 1 is 1.53 bits per heavy atom. The molecule has 2 aromatic heterocycles. The minimum atomic E-state index is -0.00166. The van der Waals surface area contributed by atoms with Crippen LogP contribution in [-0.2, 0) is 0 Å². The Labute approximate surface area is 91.8 Å². The third kappa shape index (κ3) is 1.89. The van der Waals surface area contributed by atoms with Gasteiger partial charge in [0.25, 0.3) is 0 Å². The molecule has 0 fully saturated rings. The summed E-state index contributed by atoms with van der Waals surface area (Å²) >= 11 is 1.52. The van der Waals surface area contributed by atoms with Gasteiger partial charge in [0.1, 0.15) is 11.5 Å². The predicted octanol–water partition coefficient (Wildman–Crippen LogP) is 3.04. The van der Waals surface area contributed by atoms with Gasteiger partial charge in [-0.1, -0.05) is 12.6 Å². The molecule has 0 bridgehead atoms. The van der Waals surface area contributed by atoms with Crippen molar-refractivity contribution in [2.45, 2.75) is 6.92 Å². The van der Waals surface area contributed by atoms with Gasteiger partial charge in [0.05, 0.1) is 9.88 Å². The number of hydrogen-bond acceptors (Lipinski definition) is 4. The van der Waals surface area contributed by atoms with E-state index < -0.39 is 0 Å². The van der Waals surface area contributed by atoms with Gasteiger partial charge >= 0.3 is 0 Å². The summed E-state index contributed by atoms with van der Waals surface area (Å²) in [5.41, 5.74) is 1.50. The average molecular weight is 218 g/mol. The molecule has 0 amide bonds. The van der Waals surface area contributed by atoms with Gasteiger partial charge < -0.3 is 5.11 Å². The van der Waals surface area contributed by atoms with Gasteiger partial charge in [-0.15, -0.1) is 11.3 Å². The Hall–Kier alpha value is -1.68. The van der Waals surface area contributed by atoms with Crippen LogP contribution in [0.25, 0.3) is 16.2 Å². The van der Waals surface area contributed by atoms with E-state index in [0.717, 1.165) is 15.4 Å². The number of aryl methyl sites for hydroxylation is 1. The average Bonchev–Trinajstić information content (AvgIpc) is 2.62. The molecule has 0 unspecified atom stereocenters. The van der Waals surface area contributed by atoms with Gasteiger partial charge in [-0.3, -0.25) is 4.98 Å². The molecule has 0 aliphatic rings. The van der Waals surface area contributed by atoms with Crippen LogP contribution in [0, 0.1) is 6.92 Å². The zero-order valence-electron chi connectivity index (χ0n) is 8.27. The molecule has 0 aliphatic carbocycles. The van der Waals surface area contributed by atoms with Crippen LogP contribution < -0.4 is 0 Å². The van der Waals surface area contributed by atoms with E-state index in [1.54, 1.807) is 12.4 Å². The van der Waals surface area contributed by atoms with Crippen molar-refractivity contribution in [1.29, 1.82) is 0 Å². The summed E-state index contributed by atoms with van der Waals surface area (Å²) in [4.78, 5) is 9.18. The molecule has 2 heterocycles. The van der Waals surface area contributed by atoms with Crippen molar-refractivity contribution in [3.63, 3.8) is 0 Å². The maximum absolute atomic E-state index is 9.41. The second-order valence-corrected chi connectivity index (χ2v) is 4.30. The Morgan fingerprint density at radius 3 is 2.93 bits per heavy atom. The molecule has 4 heteroatoms. The number of pyridine rings is 1. The van der Waals surface area contributed by atoms with E-state index in [1.807, 2.05) is 19.1 Å². The molecule has 2 aromatic rings. The Bertz CT molecular complexity index is 491. The van der Waals surface area contributed by atoms with Crippen molar-refractivity contribution < 1.29 is 5.11 Å². The number of nitrogens with zero attached hydrogens (tertiary/aromatic N) is 2. The number of thiazole rings is 1. The van der Waals surface area contributed by atoms with Gasteiger partial charge in [0, 0.05) is 18.0 Å². The Morgan fingerprint density at radius 2 is 2.33 bits per heavy atom. The smallest absolute Gasteiger partial charge is 0.135 e. The summed E-state index contributed by atoms with van der Waals surface area (Å²) in [5.74, 6) is -0.00166. The van der Waals surface area contributed by atoms with E-state index in [2.05, 4.69) is 16.5 Å². The van der Waals surface area contributed by atoms with E-state index >= 15 is 0 Å². The zero-order valence-corrected chi connectivity index (χ0v) is 9.08. The molecule has 0 saturated heterocycles. The van der Waals surface area contributed by atoms with Crippen LogP contribution in [-0.4, -0.2) is 15.1 Å². The number of aliphatic hydroxyl groups excluding tert-OH is 1. The Balaban J connectivity index is 2.58. The van der Waals surface area contributed by atoms with Crippen LogP contribution in [0.5, 0.6) is 0 Å². The van der Waals surface area contributed by atoms with E-state index in [9.17, 15) is 5.11 Å². The quantitative estimate of drug-likeness (QED) is 0.788. The van der Waals surface area contributed by atoms with Gasteiger partial charge in [-0.2, -0.15) is 0 Å². The van der Waals surface area contributed by atoms with Gasteiger partial charge in [-0.25, -0.2) is 4.98 Å². The van der Waals surface area contributed by atoms with E-state index in [-0.39, 0.29) is 5.76 Å². The third-order valence-corrected chi connectivity index (χ3v) is 2.95. The highest BCUT2D eigenvalue weighted by Crippen LogP contribution is 2.32. The Kier molecular flexibility index (Phi) is 2.51. The zero-order chi connectivity index (χ0) is 10.8. The fourth-order valence-corrected chi connectivity index (χ4v) is 2.25. The van der Waals surface area contributed by atoms with Crippen LogP contribution >= 0.6 is 11.3 Å². The number of aromatic nitrogens is 2. The second kappa shape index (κ2) is 3.82. The molecule has 2 rings (SSSR count). The lowest BCUT2D eigenvalue weighted by Crippen LogP contribution is -1.85. The molecule has 3 nitrogen and oxygen atoms in total. The molecular formula is C11H10N2OS. The third-order valence-electron chi connectivity index (χ3n) is 1.93. The minimum Gasteiger partial charge on any atom is -0.506 e. The molecule has 1 N–H and O–H groups in total. The largest absolute Gasteiger partial charge is 0.506 e. The van der Waals surface area contributed by atoms with Crippen LogP contribution in [0.3, 0.4) is 0 Å². The van der Waals surface area contributed by atoms with Crippen LogP contribution in [0.4, 0.5) is 0 Å². The first-order chi connectivity index (χ1) is 7.18. The maximum atomic E-state index is 9.41. The molecule has 0 aliphatic heterocycles. The van der Waals surface area contributed by atoms with Gasteiger partial charge in [0.2, 0.25) is 0 Å². The van der Waals surface area contributed by atoms with Crippen molar-refractivity contribution in [2.24, 2.45) is 0 Å². The van der Waals surface area contributed by atoms with Crippen molar-refractivity contribution >= 4 is 17.1 Å². The first kappa shape index (κ1) is 9.86. The molecule has 0 aromatic carbocycles. The standard InChI is InChI=1S/C11H10N2OS/c1-7(14)10-11(15-8(2)13-10)9-4-3-5-12-6-9/h3-6,14H,1H2,2H3. The number of hydrogen-bond donors (Lipinski definition) is 1. The topological polar surface area (TPSA) is 46.0 Å². The normalized spacial score (nSPS) is 10.2. The maximum Gasteiger partial charge on any atom is 0.135 e. The summed E-state index contributed by atoms with van der Waals surface area (Å²) in [6.07, 6.45) is 3.46. The lowest BCUT2D eigenvalue weighted by Gasteiger charge is -1.99. The van der Waals surface area contributed by atoms with E-state index in [4.69, 9.17) is 0 Å². The SMILES string of the molecule is C=C(O)c1nc(C)sc1-c1cccnc1. The molecule has 0 atom stereocenters. The monoisotopic (exact) mass is 218 g/mol. The highest BCUT2D eigenvalue weighted by atomic mass is 32.1. The fraction of sp³-hybridized carbons (Fsp3) is 0.0909. The van der Waals surface area contributed by atoms with Crippen molar-refractivity contribution in [3.8, 4) is 10.4 Å². The molecule has 0 spiro atoms. The van der Waals surface area contributed by atoms with Crippen molar-refractivity contribution in [3.05, 3.63) is 41.8 Å². The highest BCUT2D eigenvalue weighted by molar-refractivity contribution is 7.15. The lowest BCUT2D eigenvalue weighted by atomic mass is 10.2. The summed E-state index contributed by atoms with van der Waals surface area (Å²) in [7, 11) is 0. The molecule has 0 saturated carbocycles. The minimum absolute atomic E-state index is 0.00166. The first-order valence-electron chi connectivity index (χ1n) is 4.44. The number of aliphatic hydroxyl groups is 1. The van der Waals surface area contributed by atoms with Crippen LogP contribution in [0.2, 0.25) is 0 Å². The molecule has 15 heavy (non-hydrogen) atoms. The lowest BCUT2D eigenvalue weighted by molar-refractivity contribution is 0.511. The van der Waals surface area contributed by atoms with Crippen LogP contribution in [0.15, 0.2) is 31.1 Å². The van der Waals surface area contributed by atoms with Crippen LogP contribution in [0.1, 0.15) is 10.7 Å². The fourth-order valence-electron chi connectivity index (χ4n) is 1.32. The van der Waals surface area contributed by atoms with Gasteiger partial charge in [-0.05, 0) is 13.0 Å². The number of rotatable bonds is 2. The van der Waals surface area contributed by atoms with Crippen molar-refractivity contribution in [2.75, 3.05) is 0 Å². The van der Waals surface area contributed by atoms with Crippen molar-refractivity contribution in [1.82, 2.24) is 9.97 Å². The molecular weight excluding hydrogens is 208 g/mol.